The molecule has 1 heterocycles. The van der Waals surface area contributed by atoms with Crippen molar-refractivity contribution >= 4 is 57.1 Å². The van der Waals surface area contributed by atoms with Crippen molar-refractivity contribution in [2.75, 3.05) is 16.4 Å². The molecule has 3 aromatic rings. The highest BCUT2D eigenvalue weighted by molar-refractivity contribution is 8.01. The van der Waals surface area contributed by atoms with Crippen LogP contribution in [-0.4, -0.2) is 21.9 Å². The molecule has 0 atom stereocenters. The van der Waals surface area contributed by atoms with Gasteiger partial charge in [0.05, 0.1) is 16.5 Å². The fourth-order valence-corrected chi connectivity index (χ4v) is 4.00. The molecule has 0 aliphatic carbocycles. The summed E-state index contributed by atoms with van der Waals surface area (Å²) in [6.07, 6.45) is 0. The molecule has 0 fully saturated rings. The number of anilines is 3. The summed E-state index contributed by atoms with van der Waals surface area (Å²) in [5.41, 5.74) is 3.69. The van der Waals surface area contributed by atoms with Crippen LogP contribution in [0.1, 0.15) is 11.1 Å². The van der Waals surface area contributed by atoms with Crippen molar-refractivity contribution in [2.45, 2.75) is 18.2 Å². The quantitative estimate of drug-likeness (QED) is 0.519. The van der Waals surface area contributed by atoms with E-state index in [2.05, 4.69) is 20.8 Å². The number of rotatable bonds is 6. The third-order valence-electron chi connectivity index (χ3n) is 3.78. The van der Waals surface area contributed by atoms with Gasteiger partial charge in [0.25, 0.3) is 0 Å². The molecule has 140 valence electrons. The molecule has 27 heavy (non-hydrogen) atoms. The number of amides is 1. The normalized spacial score (nSPS) is 10.7. The Labute approximate surface area is 169 Å². The summed E-state index contributed by atoms with van der Waals surface area (Å²) < 4.78 is 13.7. The highest BCUT2D eigenvalue weighted by atomic mass is 35.5. The first-order chi connectivity index (χ1) is 12.9. The van der Waals surface area contributed by atoms with Crippen LogP contribution < -0.4 is 10.6 Å². The van der Waals surface area contributed by atoms with E-state index in [4.69, 9.17) is 11.6 Å². The molecule has 1 aromatic heterocycles. The molecule has 3 rings (SSSR count). The molecule has 0 saturated heterocycles. The van der Waals surface area contributed by atoms with E-state index in [0.717, 1.165) is 17.3 Å². The van der Waals surface area contributed by atoms with E-state index in [9.17, 15) is 9.18 Å². The first-order valence-electron chi connectivity index (χ1n) is 7.97. The highest BCUT2D eigenvalue weighted by Gasteiger charge is 2.11. The van der Waals surface area contributed by atoms with Crippen LogP contribution in [0.2, 0.25) is 5.02 Å². The fraction of sp³-hybridized carbons (Fsp3) is 0.167. The maximum absolute atomic E-state index is 13.0. The Hall–Kier alpha value is -2.16. The summed E-state index contributed by atoms with van der Waals surface area (Å²) in [4.78, 5) is 12.1. The van der Waals surface area contributed by atoms with E-state index < -0.39 is 5.82 Å². The molecule has 5 nitrogen and oxygen atoms in total. The predicted molar refractivity (Wildman–Crippen MR) is 110 cm³/mol. The van der Waals surface area contributed by atoms with E-state index >= 15 is 0 Å². The van der Waals surface area contributed by atoms with Crippen LogP contribution in [0.3, 0.4) is 0 Å². The molecular weight excluding hydrogens is 407 g/mol. The monoisotopic (exact) mass is 422 g/mol. The van der Waals surface area contributed by atoms with Gasteiger partial charge in [0.2, 0.25) is 11.0 Å². The zero-order chi connectivity index (χ0) is 19.4. The number of hydrogen-bond donors (Lipinski definition) is 2. The van der Waals surface area contributed by atoms with E-state index in [1.165, 1.54) is 40.8 Å². The molecule has 0 spiro atoms. The number of nitrogens with one attached hydrogen (secondary N) is 2. The number of aromatic nitrogens is 2. The van der Waals surface area contributed by atoms with Crippen LogP contribution in [0.15, 0.2) is 40.7 Å². The standard InChI is InChI=1S/C18H16ClFN4OS2/c1-10-4-3-5-14(11(10)2)22-17-23-24-18(27-17)26-9-16(25)21-15-7-6-12(20)8-13(15)19/h3-8H,9H2,1-2H3,(H,21,25)(H,22,23). The van der Waals surface area contributed by atoms with Crippen LogP contribution in [0.4, 0.5) is 20.9 Å². The second kappa shape index (κ2) is 8.69. The maximum atomic E-state index is 13.0. The maximum Gasteiger partial charge on any atom is 0.234 e. The lowest BCUT2D eigenvalue weighted by molar-refractivity contribution is -0.113. The van der Waals surface area contributed by atoms with Crippen molar-refractivity contribution in [3.8, 4) is 0 Å². The van der Waals surface area contributed by atoms with Crippen molar-refractivity contribution in [3.63, 3.8) is 0 Å². The van der Waals surface area contributed by atoms with Gasteiger partial charge in [0, 0.05) is 5.69 Å². The van der Waals surface area contributed by atoms with Crippen LogP contribution >= 0.6 is 34.7 Å². The molecule has 9 heteroatoms. The van der Waals surface area contributed by atoms with Gasteiger partial charge in [-0.1, -0.05) is 46.8 Å². The molecular formula is C18H16ClFN4OS2. The minimum Gasteiger partial charge on any atom is -0.330 e. The molecule has 1 amide bonds. The zero-order valence-corrected chi connectivity index (χ0v) is 16.9. The molecule has 0 radical (unpaired) electrons. The molecule has 0 saturated carbocycles. The van der Waals surface area contributed by atoms with Gasteiger partial charge < -0.3 is 10.6 Å². The number of aryl methyl sites for hydroxylation is 1. The number of hydrogen-bond acceptors (Lipinski definition) is 6. The van der Waals surface area contributed by atoms with Crippen LogP contribution in [0.25, 0.3) is 0 Å². The summed E-state index contributed by atoms with van der Waals surface area (Å²) in [5, 5.41) is 14.9. The fourth-order valence-electron chi connectivity index (χ4n) is 2.22. The minimum absolute atomic E-state index is 0.145. The lowest BCUT2D eigenvalue weighted by Crippen LogP contribution is -2.14. The van der Waals surface area contributed by atoms with E-state index in [1.807, 2.05) is 32.0 Å². The number of carbonyl (C=O) groups excluding carboxylic acids is 1. The zero-order valence-electron chi connectivity index (χ0n) is 14.5. The van der Waals surface area contributed by atoms with E-state index in [-0.39, 0.29) is 16.7 Å². The van der Waals surface area contributed by atoms with E-state index in [0.29, 0.717) is 15.2 Å². The Bertz CT molecular complexity index is 980. The number of halogens is 2. The van der Waals surface area contributed by atoms with Gasteiger partial charge in [-0.2, -0.15) is 0 Å². The number of carbonyl (C=O) groups is 1. The van der Waals surface area contributed by atoms with Crippen LogP contribution in [0, 0.1) is 19.7 Å². The van der Waals surface area contributed by atoms with Crippen molar-refractivity contribution in [1.82, 2.24) is 10.2 Å². The summed E-state index contributed by atoms with van der Waals surface area (Å²) in [6.45, 7) is 4.09. The Balaban J connectivity index is 1.56. The Morgan fingerprint density at radius 2 is 2.04 bits per heavy atom. The number of benzene rings is 2. The second-order valence-corrected chi connectivity index (χ2v) is 8.31. The van der Waals surface area contributed by atoms with Gasteiger partial charge >= 0.3 is 0 Å². The van der Waals surface area contributed by atoms with Gasteiger partial charge in [-0.3, -0.25) is 4.79 Å². The predicted octanol–water partition coefficient (Wildman–Crippen LogP) is 5.42. The summed E-state index contributed by atoms with van der Waals surface area (Å²) in [7, 11) is 0. The topological polar surface area (TPSA) is 66.9 Å². The third-order valence-corrected chi connectivity index (χ3v) is 6.07. The summed E-state index contributed by atoms with van der Waals surface area (Å²) in [5.74, 6) is -0.566. The molecule has 0 aliphatic heterocycles. The van der Waals surface area contributed by atoms with Crippen molar-refractivity contribution in [3.05, 3.63) is 58.4 Å². The SMILES string of the molecule is Cc1cccc(Nc2nnc(SCC(=O)Nc3ccc(F)cc3Cl)s2)c1C. The largest absolute Gasteiger partial charge is 0.330 e. The lowest BCUT2D eigenvalue weighted by Gasteiger charge is -2.08. The average Bonchev–Trinajstić information content (AvgIpc) is 3.07. The van der Waals surface area contributed by atoms with Gasteiger partial charge in [0.1, 0.15) is 5.82 Å². The van der Waals surface area contributed by atoms with Gasteiger partial charge in [-0.25, -0.2) is 4.39 Å². The summed E-state index contributed by atoms with van der Waals surface area (Å²) in [6, 6.07) is 9.83. The lowest BCUT2D eigenvalue weighted by atomic mass is 10.1. The Kier molecular flexibility index (Phi) is 6.30. The minimum atomic E-state index is -0.454. The first kappa shape index (κ1) is 19.6. The molecule has 2 N–H and O–H groups in total. The number of thioether (sulfide) groups is 1. The molecule has 2 aromatic carbocycles. The Morgan fingerprint density at radius 1 is 1.22 bits per heavy atom. The number of nitrogens with zero attached hydrogens (tertiary/aromatic N) is 2. The van der Waals surface area contributed by atoms with Gasteiger partial charge in [-0.05, 0) is 49.2 Å². The third kappa shape index (κ3) is 5.18. The average molecular weight is 423 g/mol. The van der Waals surface area contributed by atoms with Gasteiger partial charge in [0.15, 0.2) is 4.34 Å². The Morgan fingerprint density at radius 3 is 2.81 bits per heavy atom. The van der Waals surface area contributed by atoms with E-state index in [1.54, 1.807) is 0 Å². The van der Waals surface area contributed by atoms with Crippen molar-refractivity contribution in [2.24, 2.45) is 0 Å². The molecule has 0 bridgehead atoms. The van der Waals surface area contributed by atoms with Gasteiger partial charge in [-0.15, -0.1) is 10.2 Å². The van der Waals surface area contributed by atoms with Crippen LogP contribution in [-0.2, 0) is 4.79 Å². The van der Waals surface area contributed by atoms with Crippen LogP contribution in [0.5, 0.6) is 0 Å². The first-order valence-corrected chi connectivity index (χ1v) is 10.1. The second-order valence-electron chi connectivity index (χ2n) is 5.71. The molecule has 0 aliphatic rings. The summed E-state index contributed by atoms with van der Waals surface area (Å²) >= 11 is 8.55. The smallest absolute Gasteiger partial charge is 0.234 e. The highest BCUT2D eigenvalue weighted by Crippen LogP contribution is 2.30. The van der Waals surface area contributed by atoms with Crippen molar-refractivity contribution in [1.29, 1.82) is 0 Å². The van der Waals surface area contributed by atoms with Crippen molar-refractivity contribution < 1.29 is 9.18 Å². The molecule has 0 unspecified atom stereocenters.